The van der Waals surface area contributed by atoms with Crippen LogP contribution >= 0.6 is 0 Å². The molecule has 1 aromatic carbocycles. The van der Waals surface area contributed by atoms with Gasteiger partial charge in [0, 0.05) is 67.3 Å². The quantitative estimate of drug-likeness (QED) is 0.282. The van der Waals surface area contributed by atoms with Gasteiger partial charge in [-0.25, -0.2) is 13.8 Å². The maximum Gasteiger partial charge on any atom is 0.246 e. The molecule has 1 amide bonds. The number of benzene rings is 1. The van der Waals surface area contributed by atoms with Crippen molar-refractivity contribution in [3.8, 4) is 17.0 Å². The van der Waals surface area contributed by atoms with Crippen molar-refractivity contribution >= 4 is 5.91 Å². The summed E-state index contributed by atoms with van der Waals surface area (Å²) in [5, 5.41) is 17.8. The molecular weight excluding hydrogens is 566 g/mol. The lowest BCUT2D eigenvalue weighted by Crippen LogP contribution is -2.52. The molecular formula is C34H40F2N4O4. The number of hydrogen-bond acceptors (Lipinski definition) is 7. The minimum absolute atomic E-state index is 0.0400. The highest BCUT2D eigenvalue weighted by atomic mass is 19.1. The first kappa shape index (κ1) is 30.6. The van der Waals surface area contributed by atoms with E-state index in [0.29, 0.717) is 11.5 Å². The van der Waals surface area contributed by atoms with Crippen LogP contribution in [0.3, 0.4) is 0 Å². The second-order valence-corrected chi connectivity index (χ2v) is 13.3. The van der Waals surface area contributed by atoms with Gasteiger partial charge in [0.15, 0.2) is 5.75 Å². The Labute approximate surface area is 256 Å². The van der Waals surface area contributed by atoms with E-state index in [4.69, 9.17) is 14.5 Å². The predicted octanol–water partition coefficient (Wildman–Crippen LogP) is 5.01. The lowest BCUT2D eigenvalue weighted by molar-refractivity contribution is -0.126. The SMILES string of the molecule is COCC(=O)N[C@@H](Cc1cc(F)cc(F)c1)[C@H](O)CNC1CC2(CCC2)Oc2c1cc([C@@H]1CC1(C)C)nc2-c1ccncc1. The summed E-state index contributed by atoms with van der Waals surface area (Å²) in [4.78, 5) is 21.8. The van der Waals surface area contributed by atoms with Crippen LogP contribution in [0.1, 0.15) is 74.7 Å². The molecule has 6 rings (SSSR count). The van der Waals surface area contributed by atoms with Gasteiger partial charge < -0.3 is 25.2 Å². The number of nitrogens with zero attached hydrogens (tertiary/aromatic N) is 2. The Morgan fingerprint density at radius 1 is 1.14 bits per heavy atom. The van der Waals surface area contributed by atoms with E-state index in [2.05, 4.69) is 35.5 Å². The first-order chi connectivity index (χ1) is 21.1. The molecule has 3 heterocycles. The third-order valence-corrected chi connectivity index (χ3v) is 9.42. The van der Waals surface area contributed by atoms with Crippen LogP contribution < -0.4 is 15.4 Å². The number of aliphatic hydroxyl groups excluding tert-OH is 1. The second kappa shape index (κ2) is 12.1. The van der Waals surface area contributed by atoms with E-state index < -0.39 is 29.7 Å². The smallest absolute Gasteiger partial charge is 0.246 e. The summed E-state index contributed by atoms with van der Waals surface area (Å²) >= 11 is 0. The van der Waals surface area contributed by atoms with Gasteiger partial charge in [0.1, 0.15) is 29.5 Å². The van der Waals surface area contributed by atoms with Crippen molar-refractivity contribution in [2.24, 2.45) is 5.41 Å². The summed E-state index contributed by atoms with van der Waals surface area (Å²) in [5.41, 5.74) is 3.96. The van der Waals surface area contributed by atoms with Crippen LogP contribution in [-0.2, 0) is 16.0 Å². The van der Waals surface area contributed by atoms with E-state index in [0.717, 1.165) is 66.4 Å². The van der Waals surface area contributed by atoms with Crippen molar-refractivity contribution in [1.29, 1.82) is 0 Å². The van der Waals surface area contributed by atoms with Crippen LogP contribution in [0.15, 0.2) is 48.8 Å². The molecule has 2 aromatic heterocycles. The number of halogens is 2. The number of aromatic nitrogens is 2. The van der Waals surface area contributed by atoms with Crippen LogP contribution in [0.2, 0.25) is 0 Å². The van der Waals surface area contributed by atoms with Gasteiger partial charge in [-0.2, -0.15) is 0 Å². The fourth-order valence-electron chi connectivity index (χ4n) is 6.65. The highest BCUT2D eigenvalue weighted by Gasteiger charge is 2.50. The molecule has 0 radical (unpaired) electrons. The summed E-state index contributed by atoms with van der Waals surface area (Å²) in [7, 11) is 1.40. The zero-order chi connectivity index (χ0) is 31.1. The Morgan fingerprint density at radius 2 is 1.84 bits per heavy atom. The van der Waals surface area contributed by atoms with Crippen molar-refractivity contribution < 1.29 is 28.2 Å². The molecule has 234 valence electrons. The highest BCUT2D eigenvalue weighted by molar-refractivity contribution is 5.77. The number of carbonyl (C=O) groups is 1. The average molecular weight is 607 g/mol. The maximum absolute atomic E-state index is 14.0. The van der Waals surface area contributed by atoms with E-state index >= 15 is 0 Å². The van der Waals surface area contributed by atoms with Crippen LogP contribution in [0.4, 0.5) is 8.78 Å². The molecule has 3 aliphatic rings. The summed E-state index contributed by atoms with van der Waals surface area (Å²) in [6.45, 7) is 4.43. The van der Waals surface area contributed by atoms with E-state index in [1.807, 2.05) is 12.1 Å². The summed E-state index contributed by atoms with van der Waals surface area (Å²) in [6, 6.07) is 8.32. The number of pyridine rings is 2. The third kappa shape index (κ3) is 6.48. The Hall–Kier alpha value is -3.47. The van der Waals surface area contributed by atoms with Gasteiger partial charge in [0.25, 0.3) is 0 Å². The molecule has 0 bridgehead atoms. The van der Waals surface area contributed by atoms with Gasteiger partial charge in [-0.3, -0.25) is 9.78 Å². The topological polar surface area (TPSA) is 106 Å². The van der Waals surface area contributed by atoms with Crippen molar-refractivity contribution in [1.82, 2.24) is 20.6 Å². The monoisotopic (exact) mass is 606 g/mol. The molecule has 3 N–H and O–H groups in total. The number of carbonyl (C=O) groups excluding carboxylic acids is 1. The third-order valence-electron chi connectivity index (χ3n) is 9.42. The molecule has 8 nitrogen and oxygen atoms in total. The number of rotatable bonds is 11. The van der Waals surface area contributed by atoms with Crippen LogP contribution in [-0.4, -0.2) is 59.0 Å². The van der Waals surface area contributed by atoms with Crippen LogP contribution in [0.5, 0.6) is 5.75 Å². The standard InChI is InChI=1S/C34H40F2N4O4/c1-33(2)16-25(33)26-15-24-28(17-34(7-4-8-34)44-32(24)31(40-26)21-5-9-37-10-6-21)38-18-29(41)27(39-30(42)19-43-3)13-20-11-22(35)14-23(36)12-20/h5-6,9-12,14-15,25,27-29,38,41H,4,7-8,13,16-19H2,1-3H3,(H,39,42)/t25-,27-,28?,29+/m0/s1. The number of aliphatic hydroxyl groups is 1. The number of methoxy groups -OCH3 is 1. The minimum Gasteiger partial charge on any atom is -0.485 e. The normalized spacial score (nSPS) is 22.3. The van der Waals surface area contributed by atoms with E-state index in [9.17, 15) is 18.7 Å². The lowest BCUT2D eigenvalue weighted by Gasteiger charge is -2.48. The van der Waals surface area contributed by atoms with E-state index in [-0.39, 0.29) is 36.6 Å². The highest BCUT2D eigenvalue weighted by Crippen LogP contribution is 2.60. The van der Waals surface area contributed by atoms with Gasteiger partial charge in [0.2, 0.25) is 5.91 Å². The van der Waals surface area contributed by atoms with Gasteiger partial charge in [-0.15, -0.1) is 0 Å². The predicted molar refractivity (Wildman–Crippen MR) is 161 cm³/mol. The maximum atomic E-state index is 14.0. The molecule has 4 atom stereocenters. The van der Waals surface area contributed by atoms with Crippen molar-refractivity contribution in [3.05, 3.63) is 77.2 Å². The Morgan fingerprint density at radius 3 is 2.45 bits per heavy atom. The number of hydrogen-bond donors (Lipinski definition) is 3. The molecule has 2 fully saturated rings. The summed E-state index contributed by atoms with van der Waals surface area (Å²) in [6.07, 6.45) is 7.22. The number of nitrogens with one attached hydrogen (secondary N) is 2. The lowest BCUT2D eigenvalue weighted by atomic mass is 9.72. The second-order valence-electron chi connectivity index (χ2n) is 13.3. The largest absolute Gasteiger partial charge is 0.485 e. The van der Waals surface area contributed by atoms with Gasteiger partial charge in [-0.05, 0) is 73.4 Å². The number of ether oxygens (including phenoxy) is 2. The van der Waals surface area contributed by atoms with Crippen molar-refractivity contribution in [2.75, 3.05) is 20.3 Å². The number of amides is 1. The zero-order valence-electron chi connectivity index (χ0n) is 25.4. The first-order valence-corrected chi connectivity index (χ1v) is 15.3. The van der Waals surface area contributed by atoms with Crippen LogP contribution in [0, 0.1) is 17.0 Å². The van der Waals surface area contributed by atoms with Crippen LogP contribution in [0.25, 0.3) is 11.3 Å². The molecule has 1 spiro atoms. The zero-order valence-corrected chi connectivity index (χ0v) is 25.4. The first-order valence-electron chi connectivity index (χ1n) is 15.3. The Bertz CT molecular complexity index is 1490. The van der Waals surface area contributed by atoms with Gasteiger partial charge in [0.05, 0.1) is 12.1 Å². The molecule has 2 aliphatic carbocycles. The van der Waals surface area contributed by atoms with Gasteiger partial charge >= 0.3 is 0 Å². The Kier molecular flexibility index (Phi) is 8.43. The van der Waals surface area contributed by atoms with Crippen molar-refractivity contribution in [2.45, 2.75) is 82.1 Å². The Balaban J connectivity index is 1.30. The minimum atomic E-state index is -1.06. The molecule has 1 unspecified atom stereocenters. The summed E-state index contributed by atoms with van der Waals surface area (Å²) < 4.78 is 39.7. The van der Waals surface area contributed by atoms with Gasteiger partial charge in [-0.1, -0.05) is 13.8 Å². The molecule has 3 aromatic rings. The fraction of sp³-hybridized carbons (Fsp3) is 0.500. The number of fused-ring (bicyclic) bond motifs is 1. The summed E-state index contributed by atoms with van der Waals surface area (Å²) in [5.74, 6) is -0.759. The molecule has 2 saturated carbocycles. The molecule has 0 saturated heterocycles. The van der Waals surface area contributed by atoms with E-state index in [1.54, 1.807) is 12.4 Å². The molecule has 44 heavy (non-hydrogen) atoms. The van der Waals surface area contributed by atoms with E-state index in [1.165, 1.54) is 19.2 Å². The molecule has 10 heteroatoms. The van der Waals surface area contributed by atoms with Crippen molar-refractivity contribution in [3.63, 3.8) is 0 Å². The fourth-order valence-corrected chi connectivity index (χ4v) is 6.65. The average Bonchev–Trinajstić information content (AvgIpc) is 3.61. The molecule has 1 aliphatic heterocycles.